The molecule has 4 rings (SSSR count). The van der Waals surface area contributed by atoms with Gasteiger partial charge >= 0.3 is 0 Å². The van der Waals surface area contributed by atoms with Gasteiger partial charge in [-0.05, 0) is 26.8 Å². The quantitative estimate of drug-likeness (QED) is 0.466. The second-order valence-corrected chi connectivity index (χ2v) is 7.24. The van der Waals surface area contributed by atoms with E-state index in [0.29, 0.717) is 49.6 Å². The van der Waals surface area contributed by atoms with E-state index in [1.807, 2.05) is 18.4 Å². The van der Waals surface area contributed by atoms with Gasteiger partial charge in [-0.2, -0.15) is 0 Å². The van der Waals surface area contributed by atoms with Gasteiger partial charge in [0.1, 0.15) is 30.2 Å². The Balaban J connectivity index is 1.50. The molecule has 0 radical (unpaired) electrons. The maximum absolute atomic E-state index is 10.2. The first-order chi connectivity index (χ1) is 13.5. The van der Waals surface area contributed by atoms with E-state index in [9.17, 15) is 4.79 Å². The van der Waals surface area contributed by atoms with Crippen molar-refractivity contribution in [3.63, 3.8) is 0 Å². The fourth-order valence-electron chi connectivity index (χ4n) is 3.68. The Morgan fingerprint density at radius 3 is 2.96 bits per heavy atom. The molecule has 0 aliphatic carbocycles. The Hall–Kier alpha value is -2.34. The molecule has 0 amide bonds. The molecule has 2 aromatic heterocycles. The van der Waals surface area contributed by atoms with Gasteiger partial charge in [0, 0.05) is 6.54 Å². The highest BCUT2D eigenvalue weighted by Crippen LogP contribution is 2.43. The fourth-order valence-corrected chi connectivity index (χ4v) is 3.68. The molecule has 152 valence electrons. The van der Waals surface area contributed by atoms with E-state index in [4.69, 9.17) is 19.9 Å². The number of aromatic nitrogens is 4. The van der Waals surface area contributed by atoms with E-state index in [2.05, 4.69) is 25.0 Å². The smallest absolute Gasteiger partial charge is 0.293 e. The molecule has 0 aromatic carbocycles. The van der Waals surface area contributed by atoms with Crippen LogP contribution in [0.5, 0.6) is 0 Å². The standard InChI is InChI=1S/C17H24N6O5/c1-17(2)27-12-10(6-19-4-3-5-25-9-24)26-16(13(12)28-17)23-8-22-11-14(18)20-7-21-15(11)23/h7-10,12-13,16,19H,3-6H2,1-2H3,(H2,18,20,21)/t10?,12-,13-,16?/m1/s1. The number of carbonyl (C=O) groups is 1. The molecule has 4 atom stereocenters. The minimum Gasteiger partial charge on any atom is -0.468 e. The number of nitrogen functional groups attached to an aromatic ring is 1. The minimum atomic E-state index is -0.711. The van der Waals surface area contributed by atoms with Crippen LogP contribution in [0.2, 0.25) is 0 Å². The summed E-state index contributed by atoms with van der Waals surface area (Å²) >= 11 is 0. The van der Waals surface area contributed by atoms with Gasteiger partial charge in [0.25, 0.3) is 6.47 Å². The van der Waals surface area contributed by atoms with Crippen LogP contribution in [-0.2, 0) is 23.7 Å². The largest absolute Gasteiger partial charge is 0.468 e. The molecule has 0 bridgehead atoms. The highest BCUT2D eigenvalue weighted by Gasteiger charge is 2.55. The van der Waals surface area contributed by atoms with Gasteiger partial charge in [0.15, 0.2) is 23.5 Å². The van der Waals surface area contributed by atoms with E-state index < -0.39 is 12.0 Å². The number of nitrogens with two attached hydrogens (primary N) is 1. The number of anilines is 1. The Kier molecular flexibility index (Phi) is 5.15. The average molecular weight is 392 g/mol. The van der Waals surface area contributed by atoms with Crippen LogP contribution in [0.3, 0.4) is 0 Å². The van der Waals surface area contributed by atoms with E-state index in [0.717, 1.165) is 0 Å². The molecule has 2 aromatic rings. The molecule has 28 heavy (non-hydrogen) atoms. The number of fused-ring (bicyclic) bond motifs is 2. The Bertz CT molecular complexity index is 843. The van der Waals surface area contributed by atoms with Gasteiger partial charge in [-0.1, -0.05) is 0 Å². The summed E-state index contributed by atoms with van der Waals surface area (Å²) in [6.07, 6.45) is 2.53. The third-order valence-corrected chi connectivity index (χ3v) is 4.82. The van der Waals surface area contributed by atoms with Gasteiger partial charge < -0.3 is 30.0 Å². The number of hydrogen-bond acceptors (Lipinski definition) is 10. The summed E-state index contributed by atoms with van der Waals surface area (Å²) in [5.74, 6) is -0.393. The third-order valence-electron chi connectivity index (χ3n) is 4.82. The summed E-state index contributed by atoms with van der Waals surface area (Å²) in [5, 5.41) is 3.31. The number of hydrogen-bond donors (Lipinski definition) is 2. The van der Waals surface area contributed by atoms with Crippen LogP contribution in [-0.4, -0.2) is 69.8 Å². The molecule has 3 N–H and O–H groups in total. The monoisotopic (exact) mass is 392 g/mol. The maximum Gasteiger partial charge on any atom is 0.293 e. The molecule has 2 fully saturated rings. The molecule has 11 nitrogen and oxygen atoms in total. The van der Waals surface area contributed by atoms with Crippen molar-refractivity contribution in [3.05, 3.63) is 12.7 Å². The summed E-state index contributed by atoms with van der Waals surface area (Å²) < 4.78 is 25.0. The predicted molar refractivity (Wildman–Crippen MR) is 97.0 cm³/mol. The number of carbonyl (C=O) groups excluding carboxylic acids is 1. The zero-order valence-corrected chi connectivity index (χ0v) is 15.8. The van der Waals surface area contributed by atoms with Crippen LogP contribution in [0.25, 0.3) is 11.2 Å². The molecular formula is C17H24N6O5. The lowest BCUT2D eigenvalue weighted by Crippen LogP contribution is -2.38. The number of imidazole rings is 1. The van der Waals surface area contributed by atoms with Crippen LogP contribution in [0.4, 0.5) is 5.82 Å². The molecule has 0 spiro atoms. The van der Waals surface area contributed by atoms with Crippen molar-refractivity contribution in [1.29, 1.82) is 0 Å². The lowest BCUT2D eigenvalue weighted by Gasteiger charge is -2.25. The molecule has 4 heterocycles. The van der Waals surface area contributed by atoms with Gasteiger partial charge in [0.05, 0.1) is 12.9 Å². The Morgan fingerprint density at radius 1 is 1.32 bits per heavy atom. The molecule has 2 saturated heterocycles. The van der Waals surface area contributed by atoms with Crippen molar-refractivity contribution in [3.8, 4) is 0 Å². The average Bonchev–Trinajstić information content (AvgIpc) is 3.30. The molecule has 2 aliphatic heterocycles. The zero-order valence-electron chi connectivity index (χ0n) is 15.8. The number of nitrogens with one attached hydrogen (secondary N) is 1. The highest BCUT2D eigenvalue weighted by atomic mass is 16.8. The van der Waals surface area contributed by atoms with Gasteiger partial charge in [0.2, 0.25) is 0 Å². The Morgan fingerprint density at radius 2 is 2.14 bits per heavy atom. The van der Waals surface area contributed by atoms with E-state index in [-0.39, 0.29) is 18.3 Å². The molecule has 2 unspecified atom stereocenters. The van der Waals surface area contributed by atoms with E-state index >= 15 is 0 Å². The molecule has 0 saturated carbocycles. The first kappa shape index (κ1) is 19.0. The minimum absolute atomic E-state index is 0.222. The lowest BCUT2D eigenvalue weighted by molar-refractivity contribution is -0.195. The summed E-state index contributed by atoms with van der Waals surface area (Å²) in [6, 6.07) is 0. The van der Waals surface area contributed by atoms with Gasteiger partial charge in [-0.3, -0.25) is 9.36 Å². The highest BCUT2D eigenvalue weighted by molar-refractivity contribution is 5.81. The number of ether oxygens (including phenoxy) is 4. The van der Waals surface area contributed by atoms with Crippen molar-refractivity contribution in [2.75, 3.05) is 25.4 Å². The third kappa shape index (κ3) is 3.53. The zero-order chi connectivity index (χ0) is 19.7. The van der Waals surface area contributed by atoms with Crippen LogP contribution in [0, 0.1) is 0 Å². The van der Waals surface area contributed by atoms with Crippen molar-refractivity contribution in [2.45, 2.75) is 50.6 Å². The van der Waals surface area contributed by atoms with Crippen molar-refractivity contribution >= 4 is 23.5 Å². The molecule has 2 aliphatic rings. The van der Waals surface area contributed by atoms with Crippen LogP contribution < -0.4 is 11.1 Å². The predicted octanol–water partition coefficient (Wildman–Crippen LogP) is -0.0213. The Labute approximate surface area is 161 Å². The lowest BCUT2D eigenvalue weighted by atomic mass is 10.1. The van der Waals surface area contributed by atoms with Crippen molar-refractivity contribution in [1.82, 2.24) is 24.8 Å². The molecule has 11 heteroatoms. The first-order valence-electron chi connectivity index (χ1n) is 9.20. The SMILES string of the molecule is CC1(C)O[C@@H]2C(CNCCCOC=O)OC(n3cnc4c(N)ncnc43)[C@@H]2O1. The normalized spacial score (nSPS) is 28.5. The topological polar surface area (TPSA) is 136 Å². The van der Waals surface area contributed by atoms with Crippen molar-refractivity contribution < 1.29 is 23.7 Å². The second-order valence-electron chi connectivity index (χ2n) is 7.24. The van der Waals surface area contributed by atoms with Gasteiger partial charge in [-0.15, -0.1) is 0 Å². The van der Waals surface area contributed by atoms with E-state index in [1.165, 1.54) is 6.33 Å². The van der Waals surface area contributed by atoms with Crippen LogP contribution in [0.15, 0.2) is 12.7 Å². The maximum atomic E-state index is 10.2. The summed E-state index contributed by atoms with van der Waals surface area (Å²) in [4.78, 5) is 22.8. The molecular weight excluding hydrogens is 368 g/mol. The number of rotatable bonds is 8. The number of nitrogens with zero attached hydrogens (tertiary/aromatic N) is 4. The second kappa shape index (κ2) is 7.59. The van der Waals surface area contributed by atoms with Crippen LogP contribution >= 0.6 is 0 Å². The summed E-state index contributed by atoms with van der Waals surface area (Å²) in [7, 11) is 0. The van der Waals surface area contributed by atoms with E-state index in [1.54, 1.807) is 6.33 Å². The van der Waals surface area contributed by atoms with Crippen molar-refractivity contribution in [2.24, 2.45) is 0 Å². The fraction of sp³-hybridized carbons (Fsp3) is 0.647. The van der Waals surface area contributed by atoms with Crippen LogP contribution in [0.1, 0.15) is 26.5 Å². The van der Waals surface area contributed by atoms with Gasteiger partial charge in [-0.25, -0.2) is 15.0 Å². The first-order valence-corrected chi connectivity index (χ1v) is 9.20. The summed E-state index contributed by atoms with van der Waals surface area (Å²) in [6.45, 7) is 5.86. The summed E-state index contributed by atoms with van der Waals surface area (Å²) in [5.41, 5.74) is 7.01.